The molecule has 10 heteroatoms. The molecule has 0 bridgehead atoms. The third-order valence-corrected chi connectivity index (χ3v) is 4.31. The van der Waals surface area contributed by atoms with Crippen LogP contribution in [0.2, 0.25) is 5.02 Å². The van der Waals surface area contributed by atoms with Gasteiger partial charge in [0.05, 0.1) is 17.1 Å². The summed E-state index contributed by atoms with van der Waals surface area (Å²) >= 11 is 5.98. The summed E-state index contributed by atoms with van der Waals surface area (Å²) in [6.07, 6.45) is -2.92. The number of hydrogen-bond donors (Lipinski definition) is 1. The molecule has 146 valence electrons. The smallest absolute Gasteiger partial charge is 0.385 e. The first kappa shape index (κ1) is 20.7. The fourth-order valence-electron chi connectivity index (χ4n) is 2.64. The minimum Gasteiger partial charge on any atom is -0.385 e. The van der Waals surface area contributed by atoms with Crippen LogP contribution in [0.5, 0.6) is 0 Å². The van der Waals surface area contributed by atoms with Gasteiger partial charge in [-0.15, -0.1) is 0 Å². The quantitative estimate of drug-likeness (QED) is 0.717. The van der Waals surface area contributed by atoms with Crippen molar-refractivity contribution in [2.75, 3.05) is 57.9 Å². The number of carbonyl (C=O) groups excluding carboxylic acids is 1. The van der Waals surface area contributed by atoms with Gasteiger partial charge in [-0.2, -0.15) is 13.2 Å². The van der Waals surface area contributed by atoms with Crippen LogP contribution in [0.15, 0.2) is 12.3 Å². The minimum absolute atomic E-state index is 0.0239. The van der Waals surface area contributed by atoms with E-state index in [9.17, 15) is 18.0 Å². The monoisotopic (exact) mass is 394 g/mol. The molecule has 0 aromatic carbocycles. The number of halogens is 4. The minimum atomic E-state index is -4.47. The number of carbonyl (C=O) groups is 1. The molecule has 0 saturated carbocycles. The van der Waals surface area contributed by atoms with Crippen LogP contribution in [-0.4, -0.2) is 68.8 Å². The first-order chi connectivity index (χ1) is 12.3. The molecular weight excluding hydrogens is 373 g/mol. The fraction of sp³-hybridized carbons (Fsp3) is 0.625. The number of ether oxygens (including phenoxy) is 1. The summed E-state index contributed by atoms with van der Waals surface area (Å²) in [5, 5.41) is 2.80. The normalized spacial score (nSPS) is 16.0. The van der Waals surface area contributed by atoms with Crippen molar-refractivity contribution < 1.29 is 22.7 Å². The van der Waals surface area contributed by atoms with Crippen molar-refractivity contribution in [1.82, 2.24) is 15.2 Å². The maximum Gasteiger partial charge on any atom is 0.417 e. The second-order valence-corrected chi connectivity index (χ2v) is 6.39. The van der Waals surface area contributed by atoms with Crippen molar-refractivity contribution in [2.45, 2.75) is 12.6 Å². The molecule has 0 radical (unpaired) electrons. The van der Waals surface area contributed by atoms with Gasteiger partial charge < -0.3 is 15.0 Å². The Morgan fingerprint density at radius 2 is 2.04 bits per heavy atom. The third-order valence-electron chi connectivity index (χ3n) is 4.04. The summed E-state index contributed by atoms with van der Waals surface area (Å²) in [5.74, 6) is 0.281. The molecule has 0 atom stereocenters. The summed E-state index contributed by atoms with van der Waals surface area (Å²) in [4.78, 5) is 19.6. The Labute approximate surface area is 155 Å². The molecule has 1 saturated heterocycles. The Morgan fingerprint density at radius 1 is 1.35 bits per heavy atom. The molecule has 26 heavy (non-hydrogen) atoms. The van der Waals surface area contributed by atoms with E-state index in [-0.39, 0.29) is 17.5 Å². The first-order valence-corrected chi connectivity index (χ1v) is 8.64. The number of anilines is 1. The molecule has 1 aromatic heterocycles. The molecule has 1 aromatic rings. The molecule has 1 aliphatic rings. The van der Waals surface area contributed by atoms with Crippen LogP contribution in [0.3, 0.4) is 0 Å². The van der Waals surface area contributed by atoms with E-state index in [1.54, 1.807) is 7.11 Å². The highest BCUT2D eigenvalue weighted by molar-refractivity contribution is 6.33. The van der Waals surface area contributed by atoms with Crippen LogP contribution in [-0.2, 0) is 15.7 Å². The van der Waals surface area contributed by atoms with Crippen LogP contribution in [0, 0.1) is 0 Å². The Balaban J connectivity index is 1.82. The lowest BCUT2D eigenvalue weighted by Crippen LogP contribution is -2.50. The fourth-order valence-corrected chi connectivity index (χ4v) is 2.93. The van der Waals surface area contributed by atoms with Crippen LogP contribution < -0.4 is 10.2 Å². The van der Waals surface area contributed by atoms with Gasteiger partial charge >= 0.3 is 6.18 Å². The van der Waals surface area contributed by atoms with Gasteiger partial charge in [-0.25, -0.2) is 4.98 Å². The first-order valence-electron chi connectivity index (χ1n) is 8.27. The maximum atomic E-state index is 12.7. The number of piperazine rings is 1. The zero-order valence-corrected chi connectivity index (χ0v) is 15.2. The summed E-state index contributed by atoms with van der Waals surface area (Å²) in [5.41, 5.74) is -0.866. The second-order valence-electron chi connectivity index (χ2n) is 5.99. The summed E-state index contributed by atoms with van der Waals surface area (Å²) in [6.45, 7) is 3.73. The van der Waals surface area contributed by atoms with Crippen LogP contribution in [0.25, 0.3) is 0 Å². The van der Waals surface area contributed by atoms with E-state index in [4.69, 9.17) is 16.3 Å². The summed E-state index contributed by atoms with van der Waals surface area (Å²) in [6, 6.07) is 0.893. The number of nitrogens with zero attached hydrogens (tertiary/aromatic N) is 3. The van der Waals surface area contributed by atoms with Gasteiger partial charge in [-0.05, 0) is 12.5 Å². The average molecular weight is 395 g/mol. The van der Waals surface area contributed by atoms with Gasteiger partial charge in [0.25, 0.3) is 0 Å². The van der Waals surface area contributed by atoms with E-state index in [2.05, 4.69) is 10.3 Å². The van der Waals surface area contributed by atoms with Gasteiger partial charge in [-0.3, -0.25) is 9.69 Å². The second kappa shape index (κ2) is 9.38. The molecule has 2 heterocycles. The predicted octanol–water partition coefficient (Wildman–Crippen LogP) is 2.03. The highest BCUT2D eigenvalue weighted by Crippen LogP contribution is 2.33. The molecule has 0 unspecified atom stereocenters. The molecular formula is C16H22ClF3N4O2. The van der Waals surface area contributed by atoms with Crippen molar-refractivity contribution in [3.05, 3.63) is 22.8 Å². The lowest BCUT2D eigenvalue weighted by Gasteiger charge is -2.35. The zero-order valence-electron chi connectivity index (χ0n) is 14.5. The van der Waals surface area contributed by atoms with Crippen molar-refractivity contribution in [1.29, 1.82) is 0 Å². The molecule has 1 aliphatic heterocycles. The molecule has 6 nitrogen and oxygen atoms in total. The number of nitrogens with one attached hydrogen (secondary N) is 1. The number of alkyl halides is 3. The van der Waals surface area contributed by atoms with E-state index >= 15 is 0 Å². The molecule has 1 N–H and O–H groups in total. The largest absolute Gasteiger partial charge is 0.417 e. The number of methoxy groups -OCH3 is 1. The van der Waals surface area contributed by atoms with Crippen LogP contribution in [0.4, 0.5) is 19.0 Å². The lowest BCUT2D eigenvalue weighted by atomic mass is 10.2. The number of hydrogen-bond acceptors (Lipinski definition) is 5. The van der Waals surface area contributed by atoms with Crippen molar-refractivity contribution >= 4 is 23.3 Å². The number of amides is 1. The van der Waals surface area contributed by atoms with Gasteiger partial charge in [-0.1, -0.05) is 11.6 Å². The SMILES string of the molecule is COCCCNC(=O)CN1CCN(c2ncc(C(F)(F)F)cc2Cl)CC1. The molecule has 0 aliphatic carbocycles. The Kier molecular flexibility index (Phi) is 7.48. The van der Waals surface area contributed by atoms with Crippen molar-refractivity contribution in [3.8, 4) is 0 Å². The molecule has 0 spiro atoms. The van der Waals surface area contributed by atoms with E-state index in [1.807, 2.05) is 9.80 Å². The topological polar surface area (TPSA) is 57.7 Å². The number of aromatic nitrogens is 1. The van der Waals surface area contributed by atoms with E-state index < -0.39 is 11.7 Å². The van der Waals surface area contributed by atoms with Gasteiger partial charge in [0.2, 0.25) is 5.91 Å². The number of pyridine rings is 1. The van der Waals surface area contributed by atoms with Gasteiger partial charge in [0.1, 0.15) is 5.82 Å². The Hall–Kier alpha value is -1.58. The van der Waals surface area contributed by atoms with Crippen molar-refractivity contribution in [2.24, 2.45) is 0 Å². The lowest BCUT2D eigenvalue weighted by molar-refractivity contribution is -0.137. The number of rotatable bonds is 7. The standard InChI is InChI=1S/C16H22ClF3N4O2/c1-26-8-2-3-21-14(25)11-23-4-6-24(7-5-23)15-13(17)9-12(10-22-15)16(18,19)20/h9-10H,2-8,11H2,1H3,(H,21,25). The zero-order chi connectivity index (χ0) is 19.2. The van der Waals surface area contributed by atoms with E-state index in [1.165, 1.54) is 0 Å². The third kappa shape index (κ3) is 6.00. The van der Waals surface area contributed by atoms with Gasteiger partial charge in [0, 0.05) is 52.6 Å². The van der Waals surface area contributed by atoms with Crippen molar-refractivity contribution in [3.63, 3.8) is 0 Å². The van der Waals surface area contributed by atoms with Gasteiger partial charge in [0.15, 0.2) is 0 Å². The Bertz CT molecular complexity index is 608. The molecule has 2 rings (SSSR count). The highest BCUT2D eigenvalue weighted by Gasteiger charge is 2.32. The Morgan fingerprint density at radius 3 is 2.62 bits per heavy atom. The van der Waals surface area contributed by atoms with Crippen LogP contribution >= 0.6 is 11.6 Å². The van der Waals surface area contributed by atoms with Crippen LogP contribution in [0.1, 0.15) is 12.0 Å². The average Bonchev–Trinajstić information content (AvgIpc) is 2.59. The van der Waals surface area contributed by atoms with E-state index in [0.717, 1.165) is 18.7 Å². The summed E-state index contributed by atoms with van der Waals surface area (Å²) < 4.78 is 43.0. The summed E-state index contributed by atoms with van der Waals surface area (Å²) in [7, 11) is 1.61. The maximum absolute atomic E-state index is 12.7. The molecule has 1 fully saturated rings. The predicted molar refractivity (Wildman–Crippen MR) is 92.4 cm³/mol. The molecule has 1 amide bonds. The highest BCUT2D eigenvalue weighted by atomic mass is 35.5. The van der Waals surface area contributed by atoms with E-state index in [0.29, 0.717) is 45.1 Å².